The maximum Gasteiger partial charge on any atom is 0.178 e. The molecule has 0 bridgehead atoms. The summed E-state index contributed by atoms with van der Waals surface area (Å²) in [5.41, 5.74) is 17.2. The molecule has 0 N–H and O–H groups in total. The van der Waals surface area contributed by atoms with Gasteiger partial charge in [-0.25, -0.2) is 0 Å². The van der Waals surface area contributed by atoms with Crippen molar-refractivity contribution < 1.29 is 9.47 Å². The molecule has 1 spiro atoms. The van der Waals surface area contributed by atoms with Crippen molar-refractivity contribution >= 4 is 27.8 Å². The Kier molecular flexibility index (Phi) is 7.52. The van der Waals surface area contributed by atoms with Crippen molar-refractivity contribution in [1.82, 2.24) is 0 Å². The molecular formula is C59H37NO2. The van der Waals surface area contributed by atoms with Crippen molar-refractivity contribution in [3.63, 3.8) is 0 Å². The van der Waals surface area contributed by atoms with Gasteiger partial charge < -0.3 is 14.4 Å². The van der Waals surface area contributed by atoms with Crippen LogP contribution in [-0.4, -0.2) is 0 Å². The second kappa shape index (κ2) is 13.4. The summed E-state index contributed by atoms with van der Waals surface area (Å²) in [4.78, 5) is 2.30. The van der Waals surface area contributed by atoms with E-state index in [0.29, 0.717) is 17.2 Å². The van der Waals surface area contributed by atoms with Gasteiger partial charge in [-0.1, -0.05) is 176 Å². The first-order chi connectivity index (χ1) is 30.7. The Labute approximate surface area is 360 Å². The molecule has 10 aromatic carbocycles. The van der Waals surface area contributed by atoms with Crippen molar-refractivity contribution in [1.29, 1.82) is 0 Å². The zero-order valence-electron chi connectivity index (χ0n) is 33.6. The molecule has 0 saturated carbocycles. The lowest BCUT2D eigenvalue weighted by molar-refractivity contribution is 0.360. The van der Waals surface area contributed by atoms with Gasteiger partial charge in [-0.3, -0.25) is 0 Å². The third-order valence-corrected chi connectivity index (χ3v) is 13.2. The predicted molar refractivity (Wildman–Crippen MR) is 252 cm³/mol. The number of nitrogens with zero attached hydrogens (tertiary/aromatic N) is 1. The van der Waals surface area contributed by atoms with Crippen LogP contribution in [-0.2, 0) is 5.41 Å². The first-order valence-corrected chi connectivity index (χ1v) is 21.2. The average Bonchev–Trinajstić information content (AvgIpc) is 3.82. The van der Waals surface area contributed by atoms with Crippen LogP contribution in [0.25, 0.3) is 55.3 Å². The van der Waals surface area contributed by atoms with E-state index >= 15 is 0 Å². The Balaban J connectivity index is 0.940. The number of benzene rings is 10. The molecule has 1 heterocycles. The van der Waals surface area contributed by atoms with Gasteiger partial charge in [-0.2, -0.15) is 0 Å². The number of ether oxygens (including phenoxy) is 2. The van der Waals surface area contributed by atoms with Gasteiger partial charge in [0.25, 0.3) is 0 Å². The zero-order chi connectivity index (χ0) is 40.8. The molecule has 0 radical (unpaired) electrons. The molecular weight excluding hydrogens is 755 g/mol. The Hall–Kier alpha value is -8.14. The molecule has 13 rings (SSSR count). The van der Waals surface area contributed by atoms with E-state index < -0.39 is 5.41 Å². The van der Waals surface area contributed by atoms with Crippen molar-refractivity contribution in [3.05, 3.63) is 247 Å². The molecule has 290 valence electrons. The predicted octanol–water partition coefficient (Wildman–Crippen LogP) is 15.9. The fourth-order valence-corrected chi connectivity index (χ4v) is 10.5. The molecule has 3 nitrogen and oxygen atoms in total. The fourth-order valence-electron chi connectivity index (χ4n) is 10.5. The van der Waals surface area contributed by atoms with E-state index in [0.717, 1.165) is 28.4 Å². The van der Waals surface area contributed by atoms with Gasteiger partial charge in [0, 0.05) is 23.0 Å². The first kappa shape index (κ1) is 34.7. The van der Waals surface area contributed by atoms with Crippen molar-refractivity contribution in [2.24, 2.45) is 0 Å². The Morgan fingerprint density at radius 1 is 0.323 bits per heavy atom. The van der Waals surface area contributed by atoms with E-state index in [1.807, 2.05) is 6.07 Å². The third-order valence-electron chi connectivity index (χ3n) is 13.2. The topological polar surface area (TPSA) is 21.7 Å². The number of fused-ring (bicyclic) bond motifs is 14. The van der Waals surface area contributed by atoms with Gasteiger partial charge in [-0.15, -0.1) is 0 Å². The summed E-state index contributed by atoms with van der Waals surface area (Å²) in [6.07, 6.45) is 0. The van der Waals surface area contributed by atoms with Crippen LogP contribution in [0.1, 0.15) is 22.3 Å². The molecule has 2 aliphatic carbocycles. The van der Waals surface area contributed by atoms with E-state index in [1.54, 1.807) is 0 Å². The van der Waals surface area contributed by atoms with Crippen LogP contribution in [0.15, 0.2) is 224 Å². The van der Waals surface area contributed by atoms with Gasteiger partial charge >= 0.3 is 0 Å². The van der Waals surface area contributed by atoms with Gasteiger partial charge in [0.2, 0.25) is 0 Å². The van der Waals surface area contributed by atoms with Crippen LogP contribution < -0.4 is 14.4 Å². The van der Waals surface area contributed by atoms with Crippen molar-refractivity contribution in [2.75, 3.05) is 4.90 Å². The highest BCUT2D eigenvalue weighted by Crippen LogP contribution is 2.66. The molecule has 0 fully saturated rings. The third kappa shape index (κ3) is 5.00. The van der Waals surface area contributed by atoms with Crippen molar-refractivity contribution in [2.45, 2.75) is 5.41 Å². The van der Waals surface area contributed by atoms with E-state index in [2.05, 4.69) is 223 Å². The number of hydrogen-bond donors (Lipinski definition) is 0. The Bertz CT molecular complexity index is 3360. The minimum absolute atomic E-state index is 0.472. The molecule has 0 amide bonds. The van der Waals surface area contributed by atoms with Gasteiger partial charge in [0.1, 0.15) is 0 Å². The molecule has 3 heteroatoms. The smallest absolute Gasteiger partial charge is 0.178 e. The van der Waals surface area contributed by atoms with Crippen molar-refractivity contribution in [3.8, 4) is 67.5 Å². The molecule has 0 saturated heterocycles. The lowest BCUT2D eigenvalue weighted by Crippen LogP contribution is -2.25. The summed E-state index contributed by atoms with van der Waals surface area (Å²) in [5.74, 6) is 2.82. The van der Waals surface area contributed by atoms with Crippen LogP contribution in [0.5, 0.6) is 23.0 Å². The number of anilines is 3. The normalized spacial score (nSPS) is 13.2. The highest BCUT2D eigenvalue weighted by Gasteiger charge is 2.53. The van der Waals surface area contributed by atoms with E-state index in [9.17, 15) is 0 Å². The zero-order valence-corrected chi connectivity index (χ0v) is 33.6. The summed E-state index contributed by atoms with van der Waals surface area (Å²) < 4.78 is 13.9. The molecule has 1 aliphatic heterocycles. The van der Waals surface area contributed by atoms with E-state index in [4.69, 9.17) is 9.47 Å². The summed E-state index contributed by atoms with van der Waals surface area (Å²) in [6.45, 7) is 0. The quantitative estimate of drug-likeness (QED) is 0.173. The summed E-state index contributed by atoms with van der Waals surface area (Å²) in [6, 6.07) is 80.6. The minimum Gasteiger partial charge on any atom is -0.449 e. The second-order valence-electron chi connectivity index (χ2n) is 16.4. The van der Waals surface area contributed by atoms with E-state index in [-0.39, 0.29) is 0 Å². The molecule has 0 unspecified atom stereocenters. The minimum atomic E-state index is -0.472. The monoisotopic (exact) mass is 791 g/mol. The van der Waals surface area contributed by atoms with Crippen LogP contribution in [0.3, 0.4) is 0 Å². The van der Waals surface area contributed by atoms with Gasteiger partial charge in [0.05, 0.1) is 11.1 Å². The molecule has 3 aliphatic rings. The molecule has 10 aromatic rings. The Morgan fingerprint density at radius 2 is 0.855 bits per heavy atom. The highest BCUT2D eigenvalue weighted by molar-refractivity contribution is 5.99. The highest BCUT2D eigenvalue weighted by atomic mass is 16.6. The summed E-state index contributed by atoms with van der Waals surface area (Å²) >= 11 is 0. The van der Waals surface area contributed by atoms with Crippen LogP contribution in [0.2, 0.25) is 0 Å². The first-order valence-electron chi connectivity index (χ1n) is 21.2. The lowest BCUT2D eigenvalue weighted by Gasteiger charge is -2.31. The number of rotatable bonds is 5. The van der Waals surface area contributed by atoms with Gasteiger partial charge in [-0.05, 0) is 114 Å². The Morgan fingerprint density at radius 3 is 1.58 bits per heavy atom. The SMILES string of the molecule is c1ccc(-c2ccc(N(c3ccc(-c4cccc5ccccc45)cc3)c3ccc4c(c3)Oc3c(ccc5c3-c3ccccc3C53c5ccccc5-c5ccccc53)O4)cc2)cc1. The maximum atomic E-state index is 7.16. The molecule has 0 aromatic heterocycles. The maximum absolute atomic E-state index is 7.16. The average molecular weight is 792 g/mol. The molecule has 0 atom stereocenters. The van der Waals surface area contributed by atoms with Crippen LogP contribution >= 0.6 is 0 Å². The van der Waals surface area contributed by atoms with Crippen LogP contribution in [0.4, 0.5) is 17.1 Å². The molecule has 62 heavy (non-hydrogen) atoms. The lowest BCUT2D eigenvalue weighted by atomic mass is 9.70. The van der Waals surface area contributed by atoms with Gasteiger partial charge in [0.15, 0.2) is 23.0 Å². The van der Waals surface area contributed by atoms with Crippen LogP contribution in [0, 0.1) is 0 Å². The largest absolute Gasteiger partial charge is 0.449 e. The summed E-state index contributed by atoms with van der Waals surface area (Å²) in [5, 5.41) is 2.47. The standard InChI is InChI=1S/C59H37NO2/c1-2-13-38(14-3-1)39-25-29-42(30-26-39)60(43-31-27-41(28-32-43)46-21-12-16-40-15-4-5-17-45(40)46)44-33-35-54-56(37-44)62-58-55(61-54)36-34-53-57(58)49-20-8-11-24-52(49)59(53)50-22-9-6-18-47(50)48-19-7-10-23-51(48)59/h1-37H. The van der Waals surface area contributed by atoms with E-state index in [1.165, 1.54) is 72.0 Å². The fraction of sp³-hybridized carbons (Fsp3) is 0.0169. The second-order valence-corrected chi connectivity index (χ2v) is 16.4. The summed E-state index contributed by atoms with van der Waals surface area (Å²) in [7, 11) is 0. The number of hydrogen-bond acceptors (Lipinski definition) is 3.